The zero-order valence-electron chi connectivity index (χ0n) is 14.5. The lowest BCUT2D eigenvalue weighted by atomic mass is 10.2. The molecule has 28 heavy (non-hydrogen) atoms. The second-order valence-electron chi connectivity index (χ2n) is 5.65. The molecular formula is C18H13FN4O3S2. The minimum Gasteiger partial charge on any atom is -0.469 e. The van der Waals surface area contributed by atoms with E-state index in [-0.39, 0.29) is 22.7 Å². The molecule has 4 rings (SSSR count). The van der Waals surface area contributed by atoms with Gasteiger partial charge in [-0.05, 0) is 37.3 Å². The molecule has 0 atom stereocenters. The van der Waals surface area contributed by atoms with Gasteiger partial charge in [0.25, 0.3) is 11.1 Å². The number of carbonyl (C=O) groups excluding carboxylic acids is 1. The van der Waals surface area contributed by atoms with E-state index < -0.39 is 0 Å². The zero-order valence-corrected chi connectivity index (χ0v) is 16.1. The maximum atomic E-state index is 13.0. The van der Waals surface area contributed by atoms with Crippen molar-refractivity contribution >= 4 is 34.1 Å². The smallest absolute Gasteiger partial charge is 0.277 e. The lowest BCUT2D eigenvalue weighted by Gasteiger charge is -1.99. The number of aromatic nitrogens is 3. The number of furan rings is 1. The largest absolute Gasteiger partial charge is 0.469 e. The molecule has 0 unspecified atom stereocenters. The minimum atomic E-state index is -0.309. The summed E-state index contributed by atoms with van der Waals surface area (Å²) >= 11 is 2.42. The van der Waals surface area contributed by atoms with Gasteiger partial charge in [-0.25, -0.2) is 9.37 Å². The Hall–Kier alpha value is -2.98. The van der Waals surface area contributed by atoms with Gasteiger partial charge >= 0.3 is 0 Å². The maximum absolute atomic E-state index is 13.0. The van der Waals surface area contributed by atoms with Crippen molar-refractivity contribution in [3.8, 4) is 22.7 Å². The van der Waals surface area contributed by atoms with E-state index in [9.17, 15) is 9.18 Å². The maximum Gasteiger partial charge on any atom is 0.277 e. The first-order chi connectivity index (χ1) is 13.6. The van der Waals surface area contributed by atoms with Crippen molar-refractivity contribution in [3.63, 3.8) is 0 Å². The van der Waals surface area contributed by atoms with Crippen LogP contribution >= 0.6 is 23.1 Å². The van der Waals surface area contributed by atoms with E-state index in [4.69, 9.17) is 8.83 Å². The molecule has 0 saturated heterocycles. The minimum absolute atomic E-state index is 0.0947. The molecule has 0 aliphatic heterocycles. The van der Waals surface area contributed by atoms with Crippen molar-refractivity contribution in [2.75, 3.05) is 11.1 Å². The number of hydrogen-bond donors (Lipinski definition) is 1. The molecule has 3 heterocycles. The molecule has 10 heteroatoms. The van der Waals surface area contributed by atoms with Crippen molar-refractivity contribution in [1.29, 1.82) is 0 Å². The van der Waals surface area contributed by atoms with Crippen molar-refractivity contribution < 1.29 is 18.0 Å². The zero-order chi connectivity index (χ0) is 19.5. The predicted octanol–water partition coefficient (Wildman–Crippen LogP) is 4.63. The molecule has 0 aliphatic carbocycles. The molecule has 0 saturated carbocycles. The number of rotatable bonds is 6. The summed E-state index contributed by atoms with van der Waals surface area (Å²) in [5, 5.41) is 13.2. The average Bonchev–Trinajstić information content (AvgIpc) is 3.41. The van der Waals surface area contributed by atoms with Gasteiger partial charge in [0.2, 0.25) is 5.91 Å². The van der Waals surface area contributed by atoms with Crippen molar-refractivity contribution in [3.05, 3.63) is 53.6 Å². The van der Waals surface area contributed by atoms with Crippen LogP contribution in [0.1, 0.15) is 5.76 Å². The van der Waals surface area contributed by atoms with Crippen LogP contribution in [0.5, 0.6) is 0 Å². The Bertz CT molecular complexity index is 1100. The standard InChI is InChI=1S/C18H13FN4O3S2/c1-10-13(6-7-25-10)16-22-23-18(26-16)28-9-15(24)21-17-20-14(8-27-17)11-2-4-12(19)5-3-11/h2-8H,9H2,1H3,(H,20,21,24). The van der Waals surface area contributed by atoms with E-state index in [1.165, 1.54) is 23.5 Å². The normalized spacial score (nSPS) is 10.9. The number of nitrogens with zero attached hydrogens (tertiary/aromatic N) is 3. The quantitative estimate of drug-likeness (QED) is 0.458. The van der Waals surface area contributed by atoms with Crippen molar-refractivity contribution in [2.45, 2.75) is 12.1 Å². The van der Waals surface area contributed by atoms with E-state index in [0.29, 0.717) is 22.5 Å². The first-order valence-electron chi connectivity index (χ1n) is 8.10. The molecule has 4 aromatic rings. The number of nitrogens with one attached hydrogen (secondary N) is 1. The van der Waals surface area contributed by atoms with Gasteiger partial charge in [0.1, 0.15) is 11.6 Å². The molecular weight excluding hydrogens is 403 g/mol. The molecule has 1 aromatic carbocycles. The van der Waals surface area contributed by atoms with Gasteiger partial charge in [-0.2, -0.15) is 0 Å². The molecule has 0 radical (unpaired) electrons. The van der Waals surface area contributed by atoms with Gasteiger partial charge in [0.15, 0.2) is 5.13 Å². The Morgan fingerprint density at radius 2 is 2.07 bits per heavy atom. The SMILES string of the molecule is Cc1occc1-c1nnc(SCC(=O)Nc2nc(-c3ccc(F)cc3)cs2)o1. The van der Waals surface area contributed by atoms with E-state index in [1.54, 1.807) is 36.8 Å². The number of carbonyl (C=O) groups is 1. The number of thioether (sulfide) groups is 1. The Kier molecular flexibility index (Phi) is 5.22. The Balaban J connectivity index is 1.33. The molecule has 3 aromatic heterocycles. The third-order valence-electron chi connectivity index (χ3n) is 3.71. The van der Waals surface area contributed by atoms with Crippen LogP contribution in [-0.4, -0.2) is 26.8 Å². The monoisotopic (exact) mass is 416 g/mol. The fraction of sp³-hybridized carbons (Fsp3) is 0.111. The Morgan fingerprint density at radius 1 is 1.25 bits per heavy atom. The van der Waals surface area contributed by atoms with E-state index in [1.807, 2.05) is 0 Å². The summed E-state index contributed by atoms with van der Waals surface area (Å²) in [7, 11) is 0. The summed E-state index contributed by atoms with van der Waals surface area (Å²) in [6.07, 6.45) is 1.54. The highest BCUT2D eigenvalue weighted by Gasteiger charge is 2.15. The summed E-state index contributed by atoms with van der Waals surface area (Å²) in [6, 6.07) is 7.76. The lowest BCUT2D eigenvalue weighted by molar-refractivity contribution is -0.113. The van der Waals surface area contributed by atoms with Crippen LogP contribution in [0.25, 0.3) is 22.7 Å². The molecule has 0 aliphatic rings. The molecule has 1 N–H and O–H groups in total. The first-order valence-corrected chi connectivity index (χ1v) is 9.97. The number of aryl methyl sites for hydroxylation is 1. The van der Waals surface area contributed by atoms with Crippen LogP contribution < -0.4 is 5.32 Å². The summed E-state index contributed by atoms with van der Waals surface area (Å²) < 4.78 is 23.8. The Labute approximate surface area is 167 Å². The van der Waals surface area contributed by atoms with Gasteiger partial charge in [0, 0.05) is 10.9 Å². The lowest BCUT2D eigenvalue weighted by Crippen LogP contribution is -2.13. The summed E-state index contributed by atoms with van der Waals surface area (Å²) in [6.45, 7) is 1.80. The third-order valence-corrected chi connectivity index (χ3v) is 5.29. The van der Waals surface area contributed by atoms with Gasteiger partial charge in [-0.3, -0.25) is 4.79 Å². The van der Waals surface area contributed by atoms with E-state index in [2.05, 4.69) is 20.5 Å². The van der Waals surface area contributed by atoms with Crippen LogP contribution in [0.15, 0.2) is 56.0 Å². The van der Waals surface area contributed by atoms with Crippen LogP contribution in [0.2, 0.25) is 0 Å². The molecule has 1 amide bonds. The van der Waals surface area contributed by atoms with Crippen molar-refractivity contribution in [1.82, 2.24) is 15.2 Å². The summed E-state index contributed by atoms with van der Waals surface area (Å²) in [4.78, 5) is 16.5. The fourth-order valence-corrected chi connectivity index (χ4v) is 3.65. The molecule has 142 valence electrons. The Morgan fingerprint density at radius 3 is 2.82 bits per heavy atom. The third kappa shape index (κ3) is 4.12. The summed E-state index contributed by atoms with van der Waals surface area (Å²) in [5.41, 5.74) is 2.17. The molecule has 0 bridgehead atoms. The first kappa shape index (κ1) is 18.4. The van der Waals surface area contributed by atoms with Crippen LogP contribution in [0, 0.1) is 12.7 Å². The summed E-state index contributed by atoms with van der Waals surface area (Å²) in [5.74, 6) is 0.565. The molecule has 7 nitrogen and oxygen atoms in total. The highest BCUT2D eigenvalue weighted by Crippen LogP contribution is 2.27. The van der Waals surface area contributed by atoms with Gasteiger partial charge in [0.05, 0.1) is 23.3 Å². The highest BCUT2D eigenvalue weighted by atomic mass is 32.2. The van der Waals surface area contributed by atoms with Gasteiger partial charge in [-0.1, -0.05) is 11.8 Å². The number of halogens is 1. The number of anilines is 1. The number of thiazole rings is 1. The topological polar surface area (TPSA) is 94.0 Å². The van der Waals surface area contributed by atoms with Crippen LogP contribution in [0.3, 0.4) is 0 Å². The van der Waals surface area contributed by atoms with E-state index in [0.717, 1.165) is 22.9 Å². The molecule has 0 fully saturated rings. The van der Waals surface area contributed by atoms with Gasteiger partial charge in [-0.15, -0.1) is 21.5 Å². The average molecular weight is 416 g/mol. The number of benzene rings is 1. The van der Waals surface area contributed by atoms with Crippen molar-refractivity contribution in [2.24, 2.45) is 0 Å². The van der Waals surface area contributed by atoms with Crippen LogP contribution in [0.4, 0.5) is 9.52 Å². The number of hydrogen-bond acceptors (Lipinski definition) is 8. The number of amides is 1. The fourth-order valence-electron chi connectivity index (χ4n) is 2.35. The predicted molar refractivity (Wildman–Crippen MR) is 104 cm³/mol. The van der Waals surface area contributed by atoms with Crippen LogP contribution in [-0.2, 0) is 4.79 Å². The van der Waals surface area contributed by atoms with E-state index >= 15 is 0 Å². The molecule has 0 spiro atoms. The highest BCUT2D eigenvalue weighted by molar-refractivity contribution is 7.99. The second-order valence-corrected chi connectivity index (χ2v) is 7.43. The second kappa shape index (κ2) is 7.95. The van der Waals surface area contributed by atoms with Gasteiger partial charge < -0.3 is 14.2 Å².